The Labute approximate surface area is 222 Å². The fourth-order valence-corrected chi connectivity index (χ4v) is 5.01. The first kappa shape index (κ1) is 28.5. The van der Waals surface area contributed by atoms with Crippen molar-refractivity contribution in [3.05, 3.63) is 88.0 Å². The highest BCUT2D eigenvalue weighted by Crippen LogP contribution is 2.37. The highest BCUT2D eigenvalue weighted by atomic mass is 19.2. The van der Waals surface area contributed by atoms with Crippen LogP contribution in [0.3, 0.4) is 0 Å². The molecule has 0 heterocycles. The Kier molecular flexibility index (Phi) is 8.87. The largest absolute Gasteiger partial charge is 0.491 e. The van der Waals surface area contributed by atoms with Gasteiger partial charge in [0.1, 0.15) is 6.10 Å². The molecule has 0 atom stereocenters. The van der Waals surface area contributed by atoms with Crippen molar-refractivity contribution < 1.29 is 40.6 Å². The average molecular weight is 551 g/mol. The summed E-state index contributed by atoms with van der Waals surface area (Å²) in [6, 6.07) is 7.28. The number of hydrogen-bond acceptors (Lipinski definition) is 3. The van der Waals surface area contributed by atoms with Crippen LogP contribution >= 0.6 is 0 Å². The molecular formula is C30H28F6O3. The molecule has 3 aromatic carbocycles. The minimum atomic E-state index is -1.55. The van der Waals surface area contributed by atoms with Crippen LogP contribution < -0.4 is 4.74 Å². The van der Waals surface area contributed by atoms with Crippen molar-refractivity contribution >= 4 is 5.97 Å². The van der Waals surface area contributed by atoms with Gasteiger partial charge in [-0.1, -0.05) is 31.5 Å². The van der Waals surface area contributed by atoms with Crippen molar-refractivity contribution in [1.82, 2.24) is 0 Å². The summed E-state index contributed by atoms with van der Waals surface area (Å²) in [6.45, 7) is 3.54. The Bertz CT molecular complexity index is 1370. The van der Waals surface area contributed by atoms with E-state index in [0.717, 1.165) is 24.3 Å². The third-order valence-corrected chi connectivity index (χ3v) is 7.04. The van der Waals surface area contributed by atoms with Crippen LogP contribution in [0.25, 0.3) is 11.1 Å². The summed E-state index contributed by atoms with van der Waals surface area (Å²) in [5.74, 6) is -9.26. The van der Waals surface area contributed by atoms with Gasteiger partial charge in [-0.15, -0.1) is 0 Å². The van der Waals surface area contributed by atoms with Gasteiger partial charge in [-0.05, 0) is 74.3 Å². The average Bonchev–Trinajstić information content (AvgIpc) is 2.92. The summed E-state index contributed by atoms with van der Waals surface area (Å²) in [5, 5.41) is 0. The predicted molar refractivity (Wildman–Crippen MR) is 134 cm³/mol. The Morgan fingerprint density at radius 2 is 1.38 bits per heavy atom. The van der Waals surface area contributed by atoms with Crippen LogP contribution in [-0.4, -0.2) is 18.7 Å². The van der Waals surface area contributed by atoms with Crippen molar-refractivity contribution in [2.24, 2.45) is 0 Å². The number of hydrogen-bond donors (Lipinski definition) is 0. The highest BCUT2D eigenvalue weighted by Gasteiger charge is 2.30. The molecule has 0 unspecified atom stereocenters. The van der Waals surface area contributed by atoms with Crippen LogP contribution in [0.1, 0.15) is 73.4 Å². The molecule has 4 rings (SSSR count). The van der Waals surface area contributed by atoms with E-state index in [4.69, 9.17) is 9.47 Å². The smallest absolute Gasteiger partial charge is 0.341 e. The first-order valence-electron chi connectivity index (χ1n) is 12.9. The van der Waals surface area contributed by atoms with E-state index in [-0.39, 0.29) is 23.8 Å². The van der Waals surface area contributed by atoms with Crippen LogP contribution in [0.2, 0.25) is 0 Å². The molecule has 0 radical (unpaired) electrons. The lowest BCUT2D eigenvalue weighted by Crippen LogP contribution is -2.25. The molecular weight excluding hydrogens is 522 g/mol. The molecule has 3 nitrogen and oxygen atoms in total. The fraction of sp³-hybridized carbons (Fsp3) is 0.367. The number of ether oxygens (including phenoxy) is 2. The normalized spacial score (nSPS) is 17.2. The standard InChI is InChI=1S/C30H28F6O3/c1-3-5-17-8-11-19(25(32)24(17)31)16-6-9-18(10-7-16)39-30(37)22-13-12-20(26(33)28(22)35)21-14-15-23(38-4-2)29(36)27(21)34/h8,11-16,18H,3-7,9-10H2,1-2H3. The van der Waals surface area contributed by atoms with Gasteiger partial charge < -0.3 is 9.47 Å². The van der Waals surface area contributed by atoms with Crippen molar-refractivity contribution in [3.8, 4) is 16.9 Å². The maximum Gasteiger partial charge on any atom is 0.341 e. The highest BCUT2D eigenvalue weighted by molar-refractivity contribution is 5.90. The number of halogens is 6. The molecule has 0 N–H and O–H groups in total. The van der Waals surface area contributed by atoms with E-state index < -0.39 is 63.7 Å². The maximum atomic E-state index is 14.9. The van der Waals surface area contributed by atoms with Gasteiger partial charge in [0.15, 0.2) is 34.8 Å². The summed E-state index contributed by atoms with van der Waals surface area (Å²) >= 11 is 0. The van der Waals surface area contributed by atoms with Gasteiger partial charge in [0.25, 0.3) is 0 Å². The predicted octanol–water partition coefficient (Wildman–Crippen LogP) is 8.42. The molecule has 0 bridgehead atoms. The van der Waals surface area contributed by atoms with Crippen molar-refractivity contribution in [2.45, 2.75) is 64.4 Å². The van der Waals surface area contributed by atoms with Crippen molar-refractivity contribution in [3.63, 3.8) is 0 Å². The zero-order chi connectivity index (χ0) is 28.3. The second-order valence-electron chi connectivity index (χ2n) is 9.53. The number of esters is 1. The lowest BCUT2D eigenvalue weighted by atomic mass is 9.82. The zero-order valence-electron chi connectivity index (χ0n) is 21.6. The van der Waals surface area contributed by atoms with E-state index in [0.29, 0.717) is 44.1 Å². The van der Waals surface area contributed by atoms with E-state index in [2.05, 4.69) is 0 Å². The summed E-state index contributed by atoms with van der Waals surface area (Å²) in [6.07, 6.45) is 1.99. The van der Waals surface area contributed by atoms with E-state index in [1.54, 1.807) is 19.1 Å². The van der Waals surface area contributed by atoms with Crippen LogP contribution in [-0.2, 0) is 11.2 Å². The molecule has 1 saturated carbocycles. The molecule has 1 aliphatic carbocycles. The second-order valence-corrected chi connectivity index (χ2v) is 9.53. The molecule has 1 aliphatic rings. The lowest BCUT2D eigenvalue weighted by Gasteiger charge is -2.29. The van der Waals surface area contributed by atoms with E-state index in [1.165, 1.54) is 0 Å². The molecule has 0 saturated heterocycles. The number of aryl methyl sites for hydroxylation is 1. The minimum absolute atomic E-state index is 0.0821. The quantitative estimate of drug-likeness (QED) is 0.209. The zero-order valence-corrected chi connectivity index (χ0v) is 21.6. The Hall–Kier alpha value is -3.49. The third kappa shape index (κ3) is 5.77. The lowest BCUT2D eigenvalue weighted by molar-refractivity contribution is 0.0188. The van der Waals surface area contributed by atoms with E-state index in [1.807, 2.05) is 6.92 Å². The summed E-state index contributed by atoms with van der Waals surface area (Å²) in [5.41, 5.74) is -1.18. The van der Waals surface area contributed by atoms with Gasteiger partial charge >= 0.3 is 5.97 Å². The SMILES string of the molecule is CCCc1ccc(C2CCC(OC(=O)c3ccc(-c4ccc(OCC)c(F)c4F)c(F)c3F)CC2)c(F)c1F. The first-order chi connectivity index (χ1) is 18.7. The first-order valence-corrected chi connectivity index (χ1v) is 12.9. The van der Waals surface area contributed by atoms with Gasteiger partial charge in [-0.3, -0.25) is 0 Å². The van der Waals surface area contributed by atoms with E-state index >= 15 is 0 Å². The maximum absolute atomic E-state index is 14.9. The van der Waals surface area contributed by atoms with Gasteiger partial charge in [0.2, 0.25) is 5.82 Å². The van der Waals surface area contributed by atoms with Crippen molar-refractivity contribution in [1.29, 1.82) is 0 Å². The van der Waals surface area contributed by atoms with Crippen LogP contribution in [0.4, 0.5) is 26.3 Å². The van der Waals surface area contributed by atoms with Crippen LogP contribution in [0, 0.1) is 34.9 Å². The van der Waals surface area contributed by atoms with Gasteiger partial charge in [0.05, 0.1) is 12.2 Å². The van der Waals surface area contributed by atoms with Crippen LogP contribution in [0.5, 0.6) is 5.75 Å². The Morgan fingerprint density at radius 1 is 0.744 bits per heavy atom. The molecule has 9 heteroatoms. The fourth-order valence-electron chi connectivity index (χ4n) is 5.01. The third-order valence-electron chi connectivity index (χ3n) is 7.04. The monoisotopic (exact) mass is 550 g/mol. The van der Waals surface area contributed by atoms with Crippen LogP contribution in [0.15, 0.2) is 36.4 Å². The summed E-state index contributed by atoms with van der Waals surface area (Å²) in [4.78, 5) is 12.6. The van der Waals surface area contributed by atoms with Crippen molar-refractivity contribution in [2.75, 3.05) is 6.61 Å². The molecule has 0 aliphatic heterocycles. The summed E-state index contributed by atoms with van der Waals surface area (Å²) in [7, 11) is 0. The Balaban J connectivity index is 1.44. The van der Waals surface area contributed by atoms with Gasteiger partial charge in [0, 0.05) is 11.1 Å². The molecule has 0 amide bonds. The number of benzene rings is 3. The van der Waals surface area contributed by atoms with Gasteiger partial charge in [-0.25, -0.2) is 26.7 Å². The molecule has 0 spiro atoms. The number of carbonyl (C=O) groups is 1. The van der Waals surface area contributed by atoms with Gasteiger partial charge in [-0.2, -0.15) is 4.39 Å². The number of carbonyl (C=O) groups excluding carboxylic acids is 1. The topological polar surface area (TPSA) is 35.5 Å². The molecule has 0 aromatic heterocycles. The summed E-state index contributed by atoms with van der Waals surface area (Å²) < 4.78 is 97.8. The molecule has 39 heavy (non-hydrogen) atoms. The Morgan fingerprint density at radius 3 is 2.03 bits per heavy atom. The minimum Gasteiger partial charge on any atom is -0.491 e. The second kappa shape index (κ2) is 12.1. The number of rotatable bonds is 8. The van der Waals surface area contributed by atoms with E-state index in [9.17, 15) is 31.1 Å². The molecule has 1 fully saturated rings. The molecule has 208 valence electrons. The molecule has 3 aromatic rings.